The number of nitrogens with one attached hydrogen (secondary N) is 1. The Balaban J connectivity index is 2.02. The third-order valence-corrected chi connectivity index (χ3v) is 4.63. The van der Waals surface area contributed by atoms with Gasteiger partial charge in [0.1, 0.15) is 0 Å². The zero-order chi connectivity index (χ0) is 18.4. The summed E-state index contributed by atoms with van der Waals surface area (Å²) in [6, 6.07) is 7.79. The van der Waals surface area contributed by atoms with Crippen molar-refractivity contribution >= 4 is 23.2 Å². The van der Waals surface area contributed by atoms with Gasteiger partial charge in [-0.3, -0.25) is 14.8 Å². The van der Waals surface area contributed by atoms with Crippen LogP contribution in [0.1, 0.15) is 20.3 Å². The van der Waals surface area contributed by atoms with E-state index >= 15 is 0 Å². The van der Waals surface area contributed by atoms with Crippen LogP contribution in [0.2, 0.25) is 0 Å². The Morgan fingerprint density at radius 3 is 2.36 bits per heavy atom. The van der Waals surface area contributed by atoms with Gasteiger partial charge in [0.25, 0.3) is 0 Å². The molecular weight excluding hydrogens is 322 g/mol. The molecule has 0 spiro atoms. The van der Waals surface area contributed by atoms with E-state index in [0.29, 0.717) is 0 Å². The summed E-state index contributed by atoms with van der Waals surface area (Å²) in [4.78, 5) is 28.0. The maximum Gasteiger partial charge on any atom is 0.247 e. The van der Waals surface area contributed by atoms with E-state index in [0.717, 1.165) is 37.7 Å². The van der Waals surface area contributed by atoms with E-state index in [1.54, 1.807) is 17.4 Å². The van der Waals surface area contributed by atoms with Crippen LogP contribution in [-0.2, 0) is 14.3 Å². The van der Waals surface area contributed by atoms with Crippen molar-refractivity contribution in [3.8, 4) is 0 Å². The molecule has 1 aliphatic rings. The normalized spacial score (nSPS) is 15.8. The Labute approximate surface area is 148 Å². The van der Waals surface area contributed by atoms with E-state index < -0.39 is 11.8 Å². The first kappa shape index (κ1) is 19.2. The quantitative estimate of drug-likeness (QED) is 0.603. The molecule has 1 aromatic carbocycles. The van der Waals surface area contributed by atoms with Gasteiger partial charge in [0, 0.05) is 37.9 Å². The zero-order valence-electron chi connectivity index (χ0n) is 15.1. The molecule has 1 heterocycles. The molecule has 0 saturated carbocycles. The lowest BCUT2D eigenvalue weighted by molar-refractivity contribution is -0.137. The number of amides is 2. The van der Waals surface area contributed by atoms with Gasteiger partial charge in [-0.2, -0.15) is 0 Å². The van der Waals surface area contributed by atoms with Crippen molar-refractivity contribution in [2.24, 2.45) is 11.8 Å². The van der Waals surface area contributed by atoms with Crippen LogP contribution >= 0.6 is 0 Å². The highest BCUT2D eigenvalue weighted by atomic mass is 16.5. The molecule has 1 aromatic rings. The SMILES string of the molecule is CC(C)C(CC(=O)N(C)c1ccc(N2CCOCC2)cc1)C(=O)NO. The second-order valence-electron chi connectivity index (χ2n) is 6.60. The van der Waals surface area contributed by atoms with Gasteiger partial charge >= 0.3 is 0 Å². The zero-order valence-corrected chi connectivity index (χ0v) is 15.1. The summed E-state index contributed by atoms with van der Waals surface area (Å²) in [6.45, 7) is 6.88. The Hall–Kier alpha value is -2.12. The van der Waals surface area contributed by atoms with E-state index in [9.17, 15) is 9.59 Å². The number of rotatable bonds is 6. The van der Waals surface area contributed by atoms with E-state index in [4.69, 9.17) is 9.94 Å². The van der Waals surface area contributed by atoms with Crippen LogP contribution in [0.4, 0.5) is 11.4 Å². The van der Waals surface area contributed by atoms with Crippen molar-refractivity contribution in [2.75, 3.05) is 43.2 Å². The Morgan fingerprint density at radius 2 is 1.84 bits per heavy atom. The smallest absolute Gasteiger partial charge is 0.247 e. The van der Waals surface area contributed by atoms with Gasteiger partial charge in [0.15, 0.2) is 0 Å². The summed E-state index contributed by atoms with van der Waals surface area (Å²) in [5, 5.41) is 8.84. The minimum absolute atomic E-state index is 0.0474. The average Bonchev–Trinajstić information content (AvgIpc) is 2.65. The number of morpholine rings is 1. The molecule has 25 heavy (non-hydrogen) atoms. The number of carbonyl (C=O) groups excluding carboxylic acids is 2. The lowest BCUT2D eigenvalue weighted by Gasteiger charge is -2.29. The van der Waals surface area contributed by atoms with Gasteiger partial charge in [0.05, 0.1) is 19.1 Å². The minimum Gasteiger partial charge on any atom is -0.378 e. The molecule has 1 aliphatic heterocycles. The van der Waals surface area contributed by atoms with Crippen molar-refractivity contribution in [2.45, 2.75) is 20.3 Å². The largest absolute Gasteiger partial charge is 0.378 e. The first-order valence-electron chi connectivity index (χ1n) is 8.57. The summed E-state index contributed by atoms with van der Waals surface area (Å²) in [5.41, 5.74) is 3.53. The fourth-order valence-corrected chi connectivity index (χ4v) is 2.89. The number of nitrogens with zero attached hydrogens (tertiary/aromatic N) is 2. The second-order valence-corrected chi connectivity index (χ2v) is 6.60. The summed E-state index contributed by atoms with van der Waals surface area (Å²) >= 11 is 0. The molecule has 138 valence electrons. The summed E-state index contributed by atoms with van der Waals surface area (Å²) in [7, 11) is 1.69. The van der Waals surface area contributed by atoms with E-state index in [2.05, 4.69) is 4.90 Å². The van der Waals surface area contributed by atoms with Crippen LogP contribution < -0.4 is 15.3 Å². The van der Waals surface area contributed by atoms with E-state index in [1.807, 2.05) is 38.1 Å². The molecule has 0 aliphatic carbocycles. The van der Waals surface area contributed by atoms with Crippen LogP contribution in [-0.4, -0.2) is 50.4 Å². The first-order valence-corrected chi connectivity index (χ1v) is 8.57. The molecule has 2 N–H and O–H groups in total. The van der Waals surface area contributed by atoms with Crippen molar-refractivity contribution < 1.29 is 19.5 Å². The number of carbonyl (C=O) groups is 2. The molecular formula is C18H27N3O4. The number of hydroxylamine groups is 1. The standard InChI is InChI=1S/C18H27N3O4/c1-13(2)16(18(23)19-24)12-17(22)20(3)14-4-6-15(7-5-14)21-8-10-25-11-9-21/h4-7,13,16,24H,8-12H2,1-3H3,(H,19,23). The molecule has 2 rings (SSSR count). The van der Waals surface area contributed by atoms with Crippen molar-refractivity contribution in [1.82, 2.24) is 5.48 Å². The predicted octanol–water partition coefficient (Wildman–Crippen LogP) is 1.65. The van der Waals surface area contributed by atoms with Crippen LogP contribution in [0, 0.1) is 11.8 Å². The maximum atomic E-state index is 12.5. The fourth-order valence-electron chi connectivity index (χ4n) is 2.89. The first-order chi connectivity index (χ1) is 11.9. The Morgan fingerprint density at radius 1 is 1.24 bits per heavy atom. The maximum absolute atomic E-state index is 12.5. The van der Waals surface area contributed by atoms with Gasteiger partial charge in [-0.25, -0.2) is 5.48 Å². The minimum atomic E-state index is -0.562. The molecule has 1 unspecified atom stereocenters. The molecule has 0 bridgehead atoms. The number of anilines is 2. The average molecular weight is 349 g/mol. The molecule has 0 aromatic heterocycles. The molecule has 2 amide bonds. The van der Waals surface area contributed by atoms with Crippen molar-refractivity contribution in [3.05, 3.63) is 24.3 Å². The van der Waals surface area contributed by atoms with Crippen molar-refractivity contribution in [3.63, 3.8) is 0 Å². The summed E-state index contributed by atoms with van der Waals surface area (Å²) < 4.78 is 5.35. The number of hydrogen-bond acceptors (Lipinski definition) is 5. The summed E-state index contributed by atoms with van der Waals surface area (Å²) in [6.07, 6.45) is 0.0474. The topological polar surface area (TPSA) is 82.1 Å². The predicted molar refractivity (Wildman–Crippen MR) is 95.8 cm³/mol. The molecule has 7 heteroatoms. The molecule has 0 radical (unpaired) electrons. The van der Waals surface area contributed by atoms with Gasteiger partial charge in [-0.05, 0) is 30.2 Å². The second kappa shape index (κ2) is 8.82. The van der Waals surface area contributed by atoms with Crippen LogP contribution in [0.25, 0.3) is 0 Å². The summed E-state index contributed by atoms with van der Waals surface area (Å²) in [5.74, 6) is -1.30. The highest BCUT2D eigenvalue weighted by Gasteiger charge is 2.26. The van der Waals surface area contributed by atoms with E-state index in [-0.39, 0.29) is 18.2 Å². The Bertz CT molecular complexity index is 582. The third-order valence-electron chi connectivity index (χ3n) is 4.63. The van der Waals surface area contributed by atoms with Gasteiger partial charge in [-0.15, -0.1) is 0 Å². The van der Waals surface area contributed by atoms with Crippen molar-refractivity contribution in [1.29, 1.82) is 0 Å². The number of benzene rings is 1. The van der Waals surface area contributed by atoms with Gasteiger partial charge in [-0.1, -0.05) is 13.8 Å². The molecule has 1 saturated heterocycles. The van der Waals surface area contributed by atoms with Gasteiger partial charge < -0.3 is 14.5 Å². The highest BCUT2D eigenvalue weighted by molar-refractivity contribution is 5.95. The Kier molecular flexibility index (Phi) is 6.78. The van der Waals surface area contributed by atoms with Crippen LogP contribution in [0.3, 0.4) is 0 Å². The lowest BCUT2D eigenvalue weighted by Crippen LogP contribution is -2.37. The van der Waals surface area contributed by atoms with Gasteiger partial charge in [0.2, 0.25) is 11.8 Å². The monoisotopic (exact) mass is 349 g/mol. The fraction of sp³-hybridized carbons (Fsp3) is 0.556. The van der Waals surface area contributed by atoms with E-state index in [1.165, 1.54) is 0 Å². The number of ether oxygens (including phenoxy) is 1. The highest BCUT2D eigenvalue weighted by Crippen LogP contribution is 2.23. The third kappa shape index (κ3) is 4.93. The molecule has 1 atom stereocenters. The van der Waals surface area contributed by atoms with Crippen LogP contribution in [0.5, 0.6) is 0 Å². The number of hydrogen-bond donors (Lipinski definition) is 2. The van der Waals surface area contributed by atoms with Crippen LogP contribution in [0.15, 0.2) is 24.3 Å². The molecule has 7 nitrogen and oxygen atoms in total. The molecule has 1 fully saturated rings. The lowest BCUT2D eigenvalue weighted by atomic mass is 9.91.